The maximum atomic E-state index is 12.5. The maximum Gasteiger partial charge on any atom is 0.407 e. The van der Waals surface area contributed by atoms with Crippen molar-refractivity contribution in [1.82, 2.24) is 5.32 Å². The Morgan fingerprint density at radius 2 is 1.74 bits per heavy atom. The fourth-order valence-electron chi connectivity index (χ4n) is 4.79. The van der Waals surface area contributed by atoms with Crippen LogP contribution in [0.1, 0.15) is 36.5 Å². The highest BCUT2D eigenvalue weighted by molar-refractivity contribution is 5.79. The minimum atomic E-state index is -0.431. The lowest BCUT2D eigenvalue weighted by Gasteiger charge is -2.22. The van der Waals surface area contributed by atoms with Crippen LogP contribution in [0.2, 0.25) is 0 Å². The zero-order valence-electron chi connectivity index (χ0n) is 20.2. The van der Waals surface area contributed by atoms with Gasteiger partial charge in [-0.3, -0.25) is 0 Å². The van der Waals surface area contributed by atoms with Crippen LogP contribution in [0, 0.1) is 5.41 Å². The summed E-state index contributed by atoms with van der Waals surface area (Å²) < 4.78 is 11.6. The molecule has 1 heterocycles. The molecule has 1 unspecified atom stereocenters. The third kappa shape index (κ3) is 4.98. The molecular weight excluding hydrogens is 440 g/mol. The molecular formula is C29H32N2O4. The summed E-state index contributed by atoms with van der Waals surface area (Å²) in [4.78, 5) is 12.5. The molecule has 0 fully saturated rings. The highest BCUT2D eigenvalue weighted by Crippen LogP contribution is 2.44. The Balaban J connectivity index is 1.12. The number of ether oxygens (including phenoxy) is 2. The van der Waals surface area contributed by atoms with Gasteiger partial charge in [-0.2, -0.15) is 0 Å². The smallest absolute Gasteiger partial charge is 0.407 e. The molecule has 3 N–H and O–H groups in total. The van der Waals surface area contributed by atoms with Crippen molar-refractivity contribution in [3.8, 4) is 16.9 Å². The van der Waals surface area contributed by atoms with Crippen LogP contribution >= 0.6 is 0 Å². The number of anilines is 1. The second kappa shape index (κ2) is 9.62. The Hall–Kier alpha value is -3.51. The van der Waals surface area contributed by atoms with E-state index >= 15 is 0 Å². The molecule has 1 atom stereocenters. The Morgan fingerprint density at radius 3 is 2.43 bits per heavy atom. The highest BCUT2D eigenvalue weighted by atomic mass is 16.5. The van der Waals surface area contributed by atoms with Gasteiger partial charge in [0.05, 0.1) is 6.54 Å². The first kappa shape index (κ1) is 23.2. The van der Waals surface area contributed by atoms with Gasteiger partial charge in [0.25, 0.3) is 0 Å². The second-order valence-electron chi connectivity index (χ2n) is 10.1. The summed E-state index contributed by atoms with van der Waals surface area (Å²) in [6.45, 7) is 5.51. The molecule has 0 spiro atoms. The molecule has 0 saturated heterocycles. The van der Waals surface area contributed by atoms with Crippen molar-refractivity contribution in [3.05, 3.63) is 83.4 Å². The van der Waals surface area contributed by atoms with E-state index in [1.807, 2.05) is 50.2 Å². The fourth-order valence-corrected chi connectivity index (χ4v) is 4.79. The number of carbonyl (C=O) groups excluding carboxylic acids is 1. The average molecular weight is 473 g/mol. The van der Waals surface area contributed by atoms with E-state index in [-0.39, 0.29) is 24.0 Å². The molecule has 6 heteroatoms. The summed E-state index contributed by atoms with van der Waals surface area (Å²) in [5.74, 6) is 0.887. The van der Waals surface area contributed by atoms with Crippen molar-refractivity contribution in [2.75, 3.05) is 31.6 Å². The number of aliphatic hydroxyl groups excluding tert-OH is 1. The van der Waals surface area contributed by atoms with E-state index < -0.39 is 6.09 Å². The van der Waals surface area contributed by atoms with E-state index in [4.69, 9.17) is 9.47 Å². The highest BCUT2D eigenvalue weighted by Gasteiger charge is 2.29. The molecule has 0 bridgehead atoms. The van der Waals surface area contributed by atoms with Gasteiger partial charge in [0.2, 0.25) is 0 Å². The summed E-state index contributed by atoms with van der Waals surface area (Å²) in [6, 6.07) is 22.6. The number of rotatable bonds is 8. The number of hydrogen-bond donors (Lipinski definition) is 3. The third-order valence-electron chi connectivity index (χ3n) is 6.82. The molecule has 0 saturated carbocycles. The number of benzene rings is 3. The Bertz CT molecular complexity index is 1180. The number of nitrogens with one attached hydrogen (secondary N) is 2. The standard InChI is InChI=1S/C29H32N2O4/c1-29(2,18-32)17-31-20-11-12-27-19(13-20)14-21(35-27)15-30-28(33)34-16-26-24-9-5-3-7-22(24)23-8-4-6-10-25(23)26/h3-13,21,26,31-32H,14-18H2,1-2H3,(H,30,33). The van der Waals surface area contributed by atoms with Crippen molar-refractivity contribution < 1.29 is 19.4 Å². The Kier molecular flexibility index (Phi) is 6.39. The lowest BCUT2D eigenvalue weighted by molar-refractivity contribution is 0.136. The molecule has 1 amide bonds. The molecule has 2 aliphatic rings. The molecule has 35 heavy (non-hydrogen) atoms. The zero-order valence-corrected chi connectivity index (χ0v) is 20.2. The van der Waals surface area contributed by atoms with Gasteiger partial charge in [-0.15, -0.1) is 0 Å². The molecule has 5 rings (SSSR count). The van der Waals surface area contributed by atoms with Crippen molar-refractivity contribution in [1.29, 1.82) is 0 Å². The normalized spacial score (nSPS) is 16.1. The molecule has 3 aromatic carbocycles. The van der Waals surface area contributed by atoms with Crippen LogP contribution in [0.15, 0.2) is 66.7 Å². The van der Waals surface area contributed by atoms with Crippen LogP contribution in [-0.4, -0.2) is 43.6 Å². The lowest BCUT2D eigenvalue weighted by Crippen LogP contribution is -2.35. The number of aliphatic hydroxyl groups is 1. The number of amides is 1. The minimum Gasteiger partial charge on any atom is -0.488 e. The summed E-state index contributed by atoms with van der Waals surface area (Å²) in [7, 11) is 0. The third-order valence-corrected chi connectivity index (χ3v) is 6.82. The Morgan fingerprint density at radius 1 is 1.06 bits per heavy atom. The topological polar surface area (TPSA) is 79.8 Å². The first-order valence-corrected chi connectivity index (χ1v) is 12.2. The average Bonchev–Trinajstić information content (AvgIpc) is 3.43. The molecule has 182 valence electrons. The van der Waals surface area contributed by atoms with Gasteiger partial charge >= 0.3 is 6.09 Å². The monoisotopic (exact) mass is 472 g/mol. The summed E-state index contributed by atoms with van der Waals surface area (Å²) >= 11 is 0. The number of alkyl carbamates (subject to hydrolysis) is 1. The molecule has 1 aliphatic carbocycles. The van der Waals surface area contributed by atoms with Crippen LogP contribution in [0.5, 0.6) is 5.75 Å². The van der Waals surface area contributed by atoms with Crippen LogP contribution < -0.4 is 15.4 Å². The fraction of sp³-hybridized carbons (Fsp3) is 0.345. The SMILES string of the molecule is CC(C)(CO)CNc1ccc2c(c1)CC(CNC(=O)OCC1c3ccccc3-c3ccccc31)O2. The van der Waals surface area contributed by atoms with Crippen LogP contribution in [0.3, 0.4) is 0 Å². The molecule has 3 aromatic rings. The van der Waals surface area contributed by atoms with Gasteiger partial charge in [-0.1, -0.05) is 62.4 Å². The quantitative estimate of drug-likeness (QED) is 0.432. The van der Waals surface area contributed by atoms with Crippen LogP contribution in [0.25, 0.3) is 11.1 Å². The van der Waals surface area contributed by atoms with E-state index in [1.165, 1.54) is 22.3 Å². The first-order chi connectivity index (χ1) is 16.9. The zero-order chi connectivity index (χ0) is 24.4. The largest absolute Gasteiger partial charge is 0.488 e. The predicted octanol–water partition coefficient (Wildman–Crippen LogP) is 4.96. The van der Waals surface area contributed by atoms with Crippen LogP contribution in [-0.2, 0) is 11.2 Å². The van der Waals surface area contributed by atoms with Crippen molar-refractivity contribution >= 4 is 11.8 Å². The summed E-state index contributed by atoms with van der Waals surface area (Å²) in [6.07, 6.45) is 0.160. The van der Waals surface area contributed by atoms with E-state index in [2.05, 4.69) is 41.0 Å². The molecule has 0 radical (unpaired) electrons. The van der Waals surface area contributed by atoms with Crippen molar-refractivity contribution in [3.63, 3.8) is 0 Å². The number of carbonyl (C=O) groups is 1. The van der Waals surface area contributed by atoms with Gasteiger partial charge < -0.3 is 25.2 Å². The van der Waals surface area contributed by atoms with E-state index in [9.17, 15) is 9.90 Å². The van der Waals surface area contributed by atoms with Gasteiger partial charge in [-0.05, 0) is 46.0 Å². The van der Waals surface area contributed by atoms with Gasteiger partial charge in [-0.25, -0.2) is 4.79 Å². The number of hydrogen-bond acceptors (Lipinski definition) is 5. The number of fused-ring (bicyclic) bond motifs is 4. The van der Waals surface area contributed by atoms with E-state index in [0.29, 0.717) is 19.7 Å². The van der Waals surface area contributed by atoms with E-state index in [0.717, 1.165) is 23.4 Å². The van der Waals surface area contributed by atoms with Gasteiger partial charge in [0, 0.05) is 36.6 Å². The van der Waals surface area contributed by atoms with Crippen LogP contribution in [0.4, 0.5) is 10.5 Å². The minimum absolute atomic E-state index is 0.0434. The maximum absolute atomic E-state index is 12.5. The van der Waals surface area contributed by atoms with Crippen molar-refractivity contribution in [2.24, 2.45) is 5.41 Å². The van der Waals surface area contributed by atoms with Crippen molar-refractivity contribution in [2.45, 2.75) is 32.3 Å². The van der Waals surface area contributed by atoms with Gasteiger partial charge in [0.15, 0.2) is 0 Å². The summed E-state index contributed by atoms with van der Waals surface area (Å²) in [5, 5.41) is 15.7. The molecule has 6 nitrogen and oxygen atoms in total. The summed E-state index contributed by atoms with van der Waals surface area (Å²) in [5.41, 5.74) is 6.73. The lowest BCUT2D eigenvalue weighted by atomic mass is 9.95. The Labute approximate surface area is 206 Å². The van der Waals surface area contributed by atoms with Gasteiger partial charge in [0.1, 0.15) is 18.5 Å². The predicted molar refractivity (Wildman–Crippen MR) is 137 cm³/mol. The van der Waals surface area contributed by atoms with E-state index in [1.54, 1.807) is 0 Å². The second-order valence-corrected chi connectivity index (χ2v) is 10.1. The molecule has 1 aliphatic heterocycles. The molecule has 0 aromatic heterocycles. The first-order valence-electron chi connectivity index (χ1n) is 12.2.